The van der Waals surface area contributed by atoms with E-state index in [1.165, 1.54) is 10.2 Å². The van der Waals surface area contributed by atoms with Gasteiger partial charge in [0.25, 0.3) is 5.91 Å². The first-order valence-electron chi connectivity index (χ1n) is 11.3. The first-order valence-corrected chi connectivity index (χ1v) is 12.2. The first-order chi connectivity index (χ1) is 16.8. The van der Waals surface area contributed by atoms with Gasteiger partial charge >= 0.3 is 0 Å². The van der Waals surface area contributed by atoms with Gasteiger partial charge < -0.3 is 11.1 Å². The summed E-state index contributed by atoms with van der Waals surface area (Å²) in [7, 11) is 0. The summed E-state index contributed by atoms with van der Waals surface area (Å²) in [5, 5.41) is 9.52. The van der Waals surface area contributed by atoms with Crippen LogP contribution in [-0.2, 0) is 12.0 Å². The Labute approximate surface area is 207 Å². The molecule has 0 saturated heterocycles. The fourth-order valence-corrected chi connectivity index (χ4v) is 4.50. The number of rotatable bonds is 5. The zero-order valence-electron chi connectivity index (χ0n) is 19.8. The van der Waals surface area contributed by atoms with E-state index in [2.05, 4.69) is 43.3 Å². The summed E-state index contributed by atoms with van der Waals surface area (Å²) in [6.45, 7) is 6.94. The molecule has 0 unspecified atom stereocenters. The van der Waals surface area contributed by atoms with Crippen molar-refractivity contribution in [1.29, 1.82) is 0 Å². The van der Waals surface area contributed by atoms with E-state index < -0.39 is 0 Å². The Kier molecular flexibility index (Phi) is 5.82. The van der Waals surface area contributed by atoms with Gasteiger partial charge in [-0.3, -0.25) is 4.79 Å². The summed E-state index contributed by atoms with van der Waals surface area (Å²) in [5.74, 6) is -0.115. The monoisotopic (exact) mass is 482 g/mol. The number of nitrogens with one attached hydrogen (secondary N) is 1. The highest BCUT2D eigenvalue weighted by Crippen LogP contribution is 2.28. The number of thiophene rings is 1. The molecule has 0 bridgehead atoms. The van der Waals surface area contributed by atoms with E-state index in [1.54, 1.807) is 17.6 Å². The second kappa shape index (κ2) is 8.96. The van der Waals surface area contributed by atoms with Crippen LogP contribution >= 0.6 is 11.3 Å². The predicted molar refractivity (Wildman–Crippen MR) is 143 cm³/mol. The number of nitrogens with two attached hydrogens (primary N) is 1. The van der Waals surface area contributed by atoms with Crippen molar-refractivity contribution in [3.63, 3.8) is 0 Å². The smallest absolute Gasteiger partial charge is 0.257 e. The maximum absolute atomic E-state index is 13.2. The Bertz CT molecular complexity index is 1540. The van der Waals surface area contributed by atoms with E-state index in [-0.39, 0.29) is 22.7 Å². The SMILES string of the molecule is CC(C)(C)c1ccc(/C=N\n2c(N)c(C(=O)NCc3cccs3)c3nc4ccccc4nc32)cc1. The van der Waals surface area contributed by atoms with Crippen molar-refractivity contribution in [3.05, 3.63) is 87.6 Å². The van der Waals surface area contributed by atoms with Gasteiger partial charge in [0.1, 0.15) is 16.9 Å². The molecule has 7 nitrogen and oxygen atoms in total. The molecule has 0 atom stereocenters. The summed E-state index contributed by atoms with van der Waals surface area (Å²) < 4.78 is 1.49. The number of anilines is 1. The van der Waals surface area contributed by atoms with E-state index in [9.17, 15) is 4.79 Å². The van der Waals surface area contributed by atoms with Crippen LogP contribution in [-0.4, -0.2) is 26.8 Å². The van der Waals surface area contributed by atoms with E-state index in [1.807, 2.05) is 53.9 Å². The maximum atomic E-state index is 13.2. The average molecular weight is 483 g/mol. The van der Waals surface area contributed by atoms with E-state index in [0.29, 0.717) is 28.7 Å². The number of hydrogen-bond donors (Lipinski definition) is 2. The highest BCUT2D eigenvalue weighted by atomic mass is 32.1. The average Bonchev–Trinajstić information content (AvgIpc) is 3.45. The van der Waals surface area contributed by atoms with Gasteiger partial charge in [0.15, 0.2) is 5.65 Å². The number of hydrogen-bond acceptors (Lipinski definition) is 6. The lowest BCUT2D eigenvalue weighted by molar-refractivity contribution is 0.0953. The molecule has 3 N–H and O–H groups in total. The van der Waals surface area contributed by atoms with Crippen LogP contribution in [0.25, 0.3) is 22.2 Å². The molecule has 0 fully saturated rings. The number of amides is 1. The molecule has 3 aromatic heterocycles. The fraction of sp³-hybridized carbons (Fsp3) is 0.185. The minimum atomic E-state index is -0.311. The molecule has 0 spiro atoms. The summed E-state index contributed by atoms with van der Waals surface area (Å²) in [5.41, 5.74) is 11.2. The third-order valence-corrected chi connectivity index (χ3v) is 6.68. The minimum absolute atomic E-state index is 0.0682. The van der Waals surface area contributed by atoms with Gasteiger partial charge in [-0.05, 0) is 40.1 Å². The number of aromatic nitrogens is 3. The number of fused-ring (bicyclic) bond motifs is 2. The van der Waals surface area contributed by atoms with Crippen molar-refractivity contribution < 1.29 is 4.79 Å². The Morgan fingerprint density at radius 2 is 1.77 bits per heavy atom. The van der Waals surface area contributed by atoms with Crippen LogP contribution in [0.1, 0.15) is 47.1 Å². The van der Waals surface area contributed by atoms with Gasteiger partial charge in [-0.2, -0.15) is 9.78 Å². The second-order valence-electron chi connectivity index (χ2n) is 9.34. The van der Waals surface area contributed by atoms with Crippen molar-refractivity contribution in [2.75, 3.05) is 5.73 Å². The largest absolute Gasteiger partial charge is 0.383 e. The van der Waals surface area contributed by atoms with E-state index in [4.69, 9.17) is 15.7 Å². The molecule has 2 aromatic carbocycles. The third kappa shape index (κ3) is 4.52. The maximum Gasteiger partial charge on any atom is 0.257 e. The zero-order chi connectivity index (χ0) is 24.6. The quantitative estimate of drug-likeness (QED) is 0.331. The molecular formula is C27H26N6OS. The van der Waals surface area contributed by atoms with Crippen molar-refractivity contribution in [2.24, 2.45) is 5.10 Å². The Balaban J connectivity index is 1.57. The van der Waals surface area contributed by atoms with Crippen LogP contribution < -0.4 is 11.1 Å². The zero-order valence-corrected chi connectivity index (χ0v) is 20.6. The molecule has 176 valence electrons. The number of carbonyl (C=O) groups is 1. The molecule has 5 rings (SSSR count). The molecule has 8 heteroatoms. The second-order valence-corrected chi connectivity index (χ2v) is 10.4. The Morgan fingerprint density at radius 1 is 1.06 bits per heavy atom. The first kappa shape index (κ1) is 22.7. The lowest BCUT2D eigenvalue weighted by atomic mass is 9.87. The van der Waals surface area contributed by atoms with Crippen LogP contribution in [0.4, 0.5) is 5.82 Å². The highest BCUT2D eigenvalue weighted by molar-refractivity contribution is 7.09. The van der Waals surface area contributed by atoms with Crippen molar-refractivity contribution >= 4 is 51.5 Å². The molecule has 0 aliphatic carbocycles. The van der Waals surface area contributed by atoms with Crippen LogP contribution in [0.5, 0.6) is 0 Å². The Morgan fingerprint density at radius 3 is 2.43 bits per heavy atom. The van der Waals surface area contributed by atoms with Crippen molar-refractivity contribution in [3.8, 4) is 0 Å². The molecule has 35 heavy (non-hydrogen) atoms. The van der Waals surface area contributed by atoms with Crippen molar-refractivity contribution in [2.45, 2.75) is 32.7 Å². The van der Waals surface area contributed by atoms with Crippen molar-refractivity contribution in [1.82, 2.24) is 20.0 Å². The van der Waals surface area contributed by atoms with Crippen LogP contribution in [0, 0.1) is 0 Å². The Hall–Kier alpha value is -4.04. The number of nitrogens with zero attached hydrogens (tertiary/aromatic N) is 4. The number of para-hydroxylation sites is 2. The number of carbonyl (C=O) groups excluding carboxylic acids is 1. The van der Waals surface area contributed by atoms with E-state index in [0.717, 1.165) is 10.4 Å². The summed E-state index contributed by atoms with van der Waals surface area (Å²) in [6, 6.07) is 19.7. The lowest BCUT2D eigenvalue weighted by Gasteiger charge is -2.18. The highest BCUT2D eigenvalue weighted by Gasteiger charge is 2.24. The van der Waals surface area contributed by atoms with Gasteiger partial charge in [-0.15, -0.1) is 11.3 Å². The van der Waals surface area contributed by atoms with Crippen LogP contribution in [0.15, 0.2) is 71.1 Å². The lowest BCUT2D eigenvalue weighted by Crippen LogP contribution is -2.23. The van der Waals surface area contributed by atoms with Gasteiger partial charge in [0.05, 0.1) is 23.8 Å². The van der Waals surface area contributed by atoms with Crippen LogP contribution in [0.2, 0.25) is 0 Å². The summed E-state index contributed by atoms with van der Waals surface area (Å²) >= 11 is 1.58. The van der Waals surface area contributed by atoms with Crippen LogP contribution in [0.3, 0.4) is 0 Å². The molecule has 0 saturated carbocycles. The van der Waals surface area contributed by atoms with Gasteiger partial charge in [0, 0.05) is 4.88 Å². The normalized spacial score (nSPS) is 12.1. The van der Waals surface area contributed by atoms with Gasteiger partial charge in [-0.1, -0.05) is 63.2 Å². The fourth-order valence-electron chi connectivity index (χ4n) is 3.85. The van der Waals surface area contributed by atoms with Gasteiger partial charge in [0.2, 0.25) is 0 Å². The molecule has 0 aliphatic heterocycles. The molecule has 5 aromatic rings. The topological polar surface area (TPSA) is 98.2 Å². The molecule has 3 heterocycles. The third-order valence-electron chi connectivity index (χ3n) is 5.80. The molecule has 1 amide bonds. The standard InChI is InChI=1S/C27H26N6OS/c1-27(2,3)18-12-10-17(11-13-18)15-30-33-24(28)22(26(34)29-16-19-7-6-14-35-19)23-25(33)32-21-9-5-4-8-20(21)31-23/h4-15H,16,28H2,1-3H3,(H,29,34)/b30-15-. The molecular weight excluding hydrogens is 456 g/mol. The molecule has 0 aliphatic rings. The summed E-state index contributed by atoms with van der Waals surface area (Å²) in [4.78, 5) is 23.7. The molecule has 0 radical (unpaired) electrons. The van der Waals surface area contributed by atoms with Gasteiger partial charge in [-0.25, -0.2) is 9.97 Å². The van der Waals surface area contributed by atoms with E-state index >= 15 is 0 Å². The number of benzene rings is 2. The minimum Gasteiger partial charge on any atom is -0.383 e. The number of nitrogen functional groups attached to an aromatic ring is 1. The predicted octanol–water partition coefficient (Wildman–Crippen LogP) is 5.34. The summed E-state index contributed by atoms with van der Waals surface area (Å²) in [6.07, 6.45) is 1.71.